The highest BCUT2D eigenvalue weighted by Crippen LogP contribution is 2.26. The van der Waals surface area contributed by atoms with Crippen LogP contribution in [0.4, 0.5) is 5.82 Å². The fraction of sp³-hybridized carbons (Fsp3) is 0.538. The smallest absolute Gasteiger partial charge is 0.257 e. The SMILES string of the molecule is CC1CCN(C(=O)c2cc(Br)cnc2NN)C(C)C1. The minimum atomic E-state index is -0.0128. The van der Waals surface area contributed by atoms with Gasteiger partial charge in [0.05, 0.1) is 5.56 Å². The Morgan fingerprint density at radius 1 is 1.58 bits per heavy atom. The van der Waals surface area contributed by atoms with Gasteiger partial charge in [-0.1, -0.05) is 6.92 Å². The Bertz CT molecular complexity index is 480. The Morgan fingerprint density at radius 2 is 2.32 bits per heavy atom. The number of nitrogens with zero attached hydrogens (tertiary/aromatic N) is 2. The molecular formula is C13H19BrN4O. The van der Waals surface area contributed by atoms with E-state index in [1.54, 1.807) is 12.3 Å². The molecule has 1 aromatic rings. The van der Waals surface area contributed by atoms with Gasteiger partial charge >= 0.3 is 0 Å². The monoisotopic (exact) mass is 326 g/mol. The van der Waals surface area contributed by atoms with Gasteiger partial charge < -0.3 is 10.3 Å². The van der Waals surface area contributed by atoms with Gasteiger partial charge in [-0.2, -0.15) is 0 Å². The van der Waals surface area contributed by atoms with E-state index in [2.05, 4.69) is 40.2 Å². The van der Waals surface area contributed by atoms with E-state index in [9.17, 15) is 4.79 Å². The number of anilines is 1. The van der Waals surface area contributed by atoms with Gasteiger partial charge in [-0.05, 0) is 47.7 Å². The molecule has 0 spiro atoms. The molecule has 1 saturated heterocycles. The number of halogens is 1. The number of amides is 1. The van der Waals surface area contributed by atoms with Crippen molar-refractivity contribution in [2.24, 2.45) is 11.8 Å². The number of carbonyl (C=O) groups is 1. The fourth-order valence-corrected chi connectivity index (χ4v) is 2.91. The van der Waals surface area contributed by atoms with Crippen LogP contribution in [0.15, 0.2) is 16.7 Å². The van der Waals surface area contributed by atoms with Crippen molar-refractivity contribution in [1.29, 1.82) is 0 Å². The lowest BCUT2D eigenvalue weighted by atomic mass is 9.93. The van der Waals surface area contributed by atoms with Crippen molar-refractivity contribution in [2.45, 2.75) is 32.7 Å². The van der Waals surface area contributed by atoms with Gasteiger partial charge in [0.15, 0.2) is 5.82 Å². The van der Waals surface area contributed by atoms with Crippen molar-refractivity contribution in [1.82, 2.24) is 9.88 Å². The molecule has 1 amide bonds. The van der Waals surface area contributed by atoms with Crippen LogP contribution >= 0.6 is 15.9 Å². The van der Waals surface area contributed by atoms with Gasteiger partial charge in [0.25, 0.3) is 5.91 Å². The number of rotatable bonds is 2. The van der Waals surface area contributed by atoms with Crippen molar-refractivity contribution in [3.05, 3.63) is 22.3 Å². The van der Waals surface area contributed by atoms with Gasteiger partial charge in [-0.15, -0.1) is 0 Å². The van der Waals surface area contributed by atoms with Crippen LogP contribution in [-0.4, -0.2) is 28.4 Å². The van der Waals surface area contributed by atoms with E-state index in [0.717, 1.165) is 23.9 Å². The summed E-state index contributed by atoms with van der Waals surface area (Å²) >= 11 is 3.34. The Balaban J connectivity index is 2.26. The number of hydrogen-bond donors (Lipinski definition) is 2. The van der Waals surface area contributed by atoms with E-state index in [1.807, 2.05) is 4.90 Å². The zero-order valence-corrected chi connectivity index (χ0v) is 12.8. The zero-order valence-electron chi connectivity index (χ0n) is 11.2. The van der Waals surface area contributed by atoms with Crippen LogP contribution in [0.3, 0.4) is 0 Å². The lowest BCUT2D eigenvalue weighted by molar-refractivity contribution is 0.0589. The molecule has 0 aromatic carbocycles. The molecule has 1 fully saturated rings. The molecule has 0 radical (unpaired) electrons. The second kappa shape index (κ2) is 5.88. The number of aromatic nitrogens is 1. The van der Waals surface area contributed by atoms with Crippen LogP contribution in [0.5, 0.6) is 0 Å². The molecule has 0 saturated carbocycles. The summed E-state index contributed by atoms with van der Waals surface area (Å²) in [5.41, 5.74) is 3.00. The van der Waals surface area contributed by atoms with Gasteiger partial charge in [-0.25, -0.2) is 10.8 Å². The third-order valence-electron chi connectivity index (χ3n) is 3.62. The predicted molar refractivity (Wildman–Crippen MR) is 78.6 cm³/mol. The molecule has 1 aliphatic heterocycles. The normalized spacial score (nSPS) is 23.3. The first-order valence-corrected chi connectivity index (χ1v) is 7.25. The van der Waals surface area contributed by atoms with Crippen molar-refractivity contribution >= 4 is 27.7 Å². The standard InChI is InChI=1S/C13H19BrN4O/c1-8-3-4-18(9(2)5-8)13(19)11-6-10(14)7-16-12(11)17-15/h6-9H,3-5,15H2,1-2H3,(H,16,17). The second-order valence-corrected chi connectivity index (χ2v) is 6.09. The average Bonchev–Trinajstić information content (AvgIpc) is 2.38. The number of nitrogens with one attached hydrogen (secondary N) is 1. The lowest BCUT2D eigenvalue weighted by Crippen LogP contribution is -2.44. The highest BCUT2D eigenvalue weighted by Gasteiger charge is 2.29. The maximum atomic E-state index is 12.6. The van der Waals surface area contributed by atoms with E-state index in [-0.39, 0.29) is 11.9 Å². The molecular weight excluding hydrogens is 308 g/mol. The molecule has 2 unspecified atom stereocenters. The van der Waals surface area contributed by atoms with E-state index >= 15 is 0 Å². The van der Waals surface area contributed by atoms with E-state index < -0.39 is 0 Å². The molecule has 2 atom stereocenters. The highest BCUT2D eigenvalue weighted by molar-refractivity contribution is 9.10. The number of likely N-dealkylation sites (tertiary alicyclic amines) is 1. The molecule has 1 aromatic heterocycles. The zero-order chi connectivity index (χ0) is 14.0. The molecule has 0 bridgehead atoms. The summed E-state index contributed by atoms with van der Waals surface area (Å²) < 4.78 is 0.771. The molecule has 5 nitrogen and oxygen atoms in total. The van der Waals surface area contributed by atoms with Gasteiger partial charge in [-0.3, -0.25) is 4.79 Å². The van der Waals surface area contributed by atoms with E-state index in [4.69, 9.17) is 5.84 Å². The number of carbonyl (C=O) groups excluding carboxylic acids is 1. The van der Waals surface area contributed by atoms with Gasteiger partial charge in [0.1, 0.15) is 0 Å². The van der Waals surface area contributed by atoms with Crippen LogP contribution in [0.2, 0.25) is 0 Å². The summed E-state index contributed by atoms with van der Waals surface area (Å²) in [5.74, 6) is 6.50. The first-order chi connectivity index (χ1) is 9.02. The number of hydrogen-bond acceptors (Lipinski definition) is 4. The average molecular weight is 327 g/mol. The second-order valence-electron chi connectivity index (χ2n) is 5.17. The topological polar surface area (TPSA) is 71.2 Å². The van der Waals surface area contributed by atoms with Crippen LogP contribution in [-0.2, 0) is 0 Å². The molecule has 3 N–H and O–H groups in total. The summed E-state index contributed by atoms with van der Waals surface area (Å²) in [6, 6.07) is 2.01. The van der Waals surface area contributed by atoms with Crippen molar-refractivity contribution in [3.63, 3.8) is 0 Å². The number of nitrogens with two attached hydrogens (primary N) is 1. The quantitative estimate of drug-likeness (QED) is 0.646. The molecule has 2 heterocycles. The van der Waals surface area contributed by atoms with Crippen LogP contribution in [0.1, 0.15) is 37.0 Å². The van der Waals surface area contributed by atoms with Crippen LogP contribution in [0, 0.1) is 5.92 Å². The number of hydrazine groups is 1. The Morgan fingerprint density at radius 3 is 2.95 bits per heavy atom. The molecule has 1 aliphatic rings. The Kier molecular flexibility index (Phi) is 4.42. The van der Waals surface area contributed by atoms with Gasteiger partial charge in [0, 0.05) is 23.3 Å². The number of piperidine rings is 1. The number of nitrogen functional groups attached to an aromatic ring is 1. The van der Waals surface area contributed by atoms with E-state index in [0.29, 0.717) is 17.3 Å². The van der Waals surface area contributed by atoms with Gasteiger partial charge in [0.2, 0.25) is 0 Å². The summed E-state index contributed by atoms with van der Waals surface area (Å²) in [5, 5.41) is 0. The summed E-state index contributed by atoms with van der Waals surface area (Å²) in [4.78, 5) is 18.6. The molecule has 6 heteroatoms. The minimum Gasteiger partial charge on any atom is -0.336 e. The third-order valence-corrected chi connectivity index (χ3v) is 4.05. The molecule has 0 aliphatic carbocycles. The lowest BCUT2D eigenvalue weighted by Gasteiger charge is -2.36. The predicted octanol–water partition coefficient (Wildman–Crippen LogP) is 2.39. The minimum absolute atomic E-state index is 0.0128. The maximum Gasteiger partial charge on any atom is 0.257 e. The Hall–Kier alpha value is -1.14. The highest BCUT2D eigenvalue weighted by atomic mass is 79.9. The Labute approximate surface area is 121 Å². The van der Waals surface area contributed by atoms with Crippen molar-refractivity contribution in [3.8, 4) is 0 Å². The molecule has 2 rings (SSSR count). The summed E-state index contributed by atoms with van der Waals surface area (Å²) in [7, 11) is 0. The third kappa shape index (κ3) is 3.06. The van der Waals surface area contributed by atoms with Crippen molar-refractivity contribution in [2.75, 3.05) is 12.0 Å². The largest absolute Gasteiger partial charge is 0.336 e. The number of pyridine rings is 1. The summed E-state index contributed by atoms with van der Waals surface area (Å²) in [6.07, 6.45) is 3.70. The van der Waals surface area contributed by atoms with Crippen LogP contribution < -0.4 is 11.3 Å². The first kappa shape index (κ1) is 14.3. The van der Waals surface area contributed by atoms with E-state index in [1.165, 1.54) is 0 Å². The van der Waals surface area contributed by atoms with Crippen molar-refractivity contribution < 1.29 is 4.79 Å². The van der Waals surface area contributed by atoms with Crippen LogP contribution in [0.25, 0.3) is 0 Å². The summed E-state index contributed by atoms with van der Waals surface area (Å²) in [6.45, 7) is 5.11. The first-order valence-electron chi connectivity index (χ1n) is 6.46. The molecule has 104 valence electrons. The fourth-order valence-electron chi connectivity index (χ4n) is 2.58. The molecule has 19 heavy (non-hydrogen) atoms. The maximum absolute atomic E-state index is 12.6.